The van der Waals surface area contributed by atoms with Crippen LogP contribution >= 0.6 is 0 Å². The Kier molecular flexibility index (Phi) is 4.38. The first-order chi connectivity index (χ1) is 11.4. The van der Waals surface area contributed by atoms with E-state index in [0.717, 1.165) is 28.1 Å². The predicted molar refractivity (Wildman–Crippen MR) is 96.2 cm³/mol. The number of aryl methyl sites for hydroxylation is 3. The van der Waals surface area contributed by atoms with Gasteiger partial charge in [-0.25, -0.2) is 0 Å². The van der Waals surface area contributed by atoms with Crippen LogP contribution in [0.25, 0.3) is 0 Å². The zero-order valence-corrected chi connectivity index (χ0v) is 14.3. The van der Waals surface area contributed by atoms with Crippen molar-refractivity contribution in [2.45, 2.75) is 27.2 Å². The average Bonchev–Trinajstić information content (AvgIpc) is 2.89. The minimum atomic E-state index is -0.320. The summed E-state index contributed by atoms with van der Waals surface area (Å²) in [6, 6.07) is 13.8. The summed E-state index contributed by atoms with van der Waals surface area (Å²) in [5.41, 5.74) is 5.00. The van der Waals surface area contributed by atoms with Crippen LogP contribution in [-0.4, -0.2) is 18.4 Å². The van der Waals surface area contributed by atoms with E-state index in [1.54, 1.807) is 4.90 Å². The maximum atomic E-state index is 12.5. The smallest absolute Gasteiger partial charge is 0.229 e. The summed E-state index contributed by atoms with van der Waals surface area (Å²) in [4.78, 5) is 26.5. The maximum Gasteiger partial charge on any atom is 0.229 e. The second-order valence-corrected chi connectivity index (χ2v) is 6.61. The van der Waals surface area contributed by atoms with Crippen molar-refractivity contribution in [3.05, 3.63) is 59.2 Å². The molecule has 1 atom stereocenters. The number of hydrogen-bond acceptors (Lipinski definition) is 2. The fourth-order valence-electron chi connectivity index (χ4n) is 3.15. The van der Waals surface area contributed by atoms with Crippen molar-refractivity contribution in [1.29, 1.82) is 0 Å². The van der Waals surface area contributed by atoms with E-state index >= 15 is 0 Å². The van der Waals surface area contributed by atoms with Crippen LogP contribution in [0.15, 0.2) is 42.5 Å². The topological polar surface area (TPSA) is 49.4 Å². The van der Waals surface area contributed by atoms with E-state index in [0.29, 0.717) is 6.54 Å². The van der Waals surface area contributed by atoms with Crippen molar-refractivity contribution in [3.63, 3.8) is 0 Å². The Labute approximate surface area is 142 Å². The molecular weight excluding hydrogens is 300 g/mol. The summed E-state index contributed by atoms with van der Waals surface area (Å²) >= 11 is 0. The van der Waals surface area contributed by atoms with E-state index in [1.165, 1.54) is 0 Å². The molecule has 0 aromatic heterocycles. The van der Waals surface area contributed by atoms with Crippen LogP contribution in [0.3, 0.4) is 0 Å². The SMILES string of the molecule is Cc1ccc(N2C[C@H](C(=O)Nc3cc(C)cc(C)c3)CC2=O)cc1. The van der Waals surface area contributed by atoms with E-state index in [4.69, 9.17) is 0 Å². The molecular formula is C20H22N2O2. The molecule has 2 amide bonds. The highest BCUT2D eigenvalue weighted by molar-refractivity contribution is 6.03. The molecule has 3 rings (SSSR count). The summed E-state index contributed by atoms with van der Waals surface area (Å²) in [5.74, 6) is -0.415. The lowest BCUT2D eigenvalue weighted by molar-refractivity contribution is -0.122. The van der Waals surface area contributed by atoms with Crippen LogP contribution in [0.4, 0.5) is 11.4 Å². The van der Waals surface area contributed by atoms with E-state index in [-0.39, 0.29) is 24.2 Å². The molecule has 1 aliphatic rings. The Morgan fingerprint density at radius 1 is 1.00 bits per heavy atom. The van der Waals surface area contributed by atoms with Crippen molar-refractivity contribution in [2.24, 2.45) is 5.92 Å². The van der Waals surface area contributed by atoms with Gasteiger partial charge < -0.3 is 10.2 Å². The quantitative estimate of drug-likeness (QED) is 0.938. The van der Waals surface area contributed by atoms with Gasteiger partial charge in [-0.15, -0.1) is 0 Å². The van der Waals surface area contributed by atoms with Crippen molar-refractivity contribution in [1.82, 2.24) is 0 Å². The van der Waals surface area contributed by atoms with Crippen molar-refractivity contribution in [2.75, 3.05) is 16.8 Å². The number of benzene rings is 2. The molecule has 0 saturated carbocycles. The fraction of sp³-hybridized carbons (Fsp3) is 0.300. The number of hydrogen-bond donors (Lipinski definition) is 1. The number of nitrogens with zero attached hydrogens (tertiary/aromatic N) is 1. The maximum absolute atomic E-state index is 12.5. The van der Waals surface area contributed by atoms with Gasteiger partial charge in [-0.2, -0.15) is 0 Å². The summed E-state index contributed by atoms with van der Waals surface area (Å²) in [5, 5.41) is 2.95. The van der Waals surface area contributed by atoms with Crippen molar-refractivity contribution >= 4 is 23.2 Å². The van der Waals surface area contributed by atoms with Crippen LogP contribution in [-0.2, 0) is 9.59 Å². The van der Waals surface area contributed by atoms with Crippen LogP contribution in [0.5, 0.6) is 0 Å². The molecule has 24 heavy (non-hydrogen) atoms. The van der Waals surface area contributed by atoms with Crippen LogP contribution < -0.4 is 10.2 Å². The molecule has 0 radical (unpaired) electrons. The first-order valence-electron chi connectivity index (χ1n) is 8.18. The first-order valence-corrected chi connectivity index (χ1v) is 8.18. The average molecular weight is 322 g/mol. The van der Waals surface area contributed by atoms with Gasteiger partial charge in [-0.3, -0.25) is 9.59 Å². The monoisotopic (exact) mass is 322 g/mol. The zero-order valence-electron chi connectivity index (χ0n) is 14.3. The third kappa shape index (κ3) is 3.48. The lowest BCUT2D eigenvalue weighted by Gasteiger charge is -2.17. The van der Waals surface area contributed by atoms with Gasteiger partial charge >= 0.3 is 0 Å². The van der Waals surface area contributed by atoms with Gasteiger partial charge in [0.1, 0.15) is 0 Å². The van der Waals surface area contributed by atoms with E-state index in [1.807, 2.05) is 57.2 Å². The number of carbonyl (C=O) groups excluding carboxylic acids is 2. The minimum Gasteiger partial charge on any atom is -0.326 e. The van der Waals surface area contributed by atoms with Gasteiger partial charge in [-0.05, 0) is 56.2 Å². The van der Waals surface area contributed by atoms with Gasteiger partial charge in [0.15, 0.2) is 0 Å². The molecule has 4 nitrogen and oxygen atoms in total. The van der Waals surface area contributed by atoms with Gasteiger partial charge in [0.25, 0.3) is 0 Å². The van der Waals surface area contributed by atoms with E-state index in [2.05, 4.69) is 11.4 Å². The summed E-state index contributed by atoms with van der Waals surface area (Å²) < 4.78 is 0. The lowest BCUT2D eigenvalue weighted by Crippen LogP contribution is -2.28. The Balaban J connectivity index is 1.70. The second kappa shape index (κ2) is 6.48. The molecule has 1 aliphatic heterocycles. The molecule has 0 aliphatic carbocycles. The third-order valence-electron chi connectivity index (χ3n) is 4.33. The number of anilines is 2. The second-order valence-electron chi connectivity index (χ2n) is 6.61. The molecule has 1 saturated heterocycles. The van der Waals surface area contributed by atoms with Crippen molar-refractivity contribution in [3.8, 4) is 0 Å². The van der Waals surface area contributed by atoms with E-state index < -0.39 is 0 Å². The fourth-order valence-corrected chi connectivity index (χ4v) is 3.15. The molecule has 124 valence electrons. The standard InChI is InChI=1S/C20H22N2O2/c1-13-4-6-18(7-5-13)22-12-16(11-19(22)23)20(24)21-17-9-14(2)8-15(3)10-17/h4-10,16H,11-12H2,1-3H3,(H,21,24)/t16-/m1/s1. The number of carbonyl (C=O) groups is 2. The lowest BCUT2D eigenvalue weighted by atomic mass is 10.1. The Morgan fingerprint density at radius 2 is 1.62 bits per heavy atom. The Hall–Kier alpha value is -2.62. The molecule has 1 N–H and O–H groups in total. The molecule has 2 aromatic carbocycles. The van der Waals surface area contributed by atoms with Crippen LogP contribution in [0.1, 0.15) is 23.1 Å². The van der Waals surface area contributed by atoms with Crippen LogP contribution in [0, 0.1) is 26.7 Å². The highest BCUT2D eigenvalue weighted by atomic mass is 16.2. The molecule has 1 fully saturated rings. The molecule has 0 spiro atoms. The highest BCUT2D eigenvalue weighted by Crippen LogP contribution is 2.26. The predicted octanol–water partition coefficient (Wildman–Crippen LogP) is 3.60. The molecule has 0 bridgehead atoms. The Bertz CT molecular complexity index is 760. The normalized spacial score (nSPS) is 17.2. The Morgan fingerprint density at radius 3 is 2.25 bits per heavy atom. The molecule has 0 unspecified atom stereocenters. The van der Waals surface area contributed by atoms with Crippen molar-refractivity contribution < 1.29 is 9.59 Å². The minimum absolute atomic E-state index is 0.000532. The highest BCUT2D eigenvalue weighted by Gasteiger charge is 2.35. The van der Waals surface area contributed by atoms with Gasteiger partial charge in [0.2, 0.25) is 11.8 Å². The first kappa shape index (κ1) is 16.2. The molecule has 4 heteroatoms. The number of amides is 2. The summed E-state index contributed by atoms with van der Waals surface area (Å²) in [6.07, 6.45) is 0.254. The molecule has 2 aromatic rings. The van der Waals surface area contributed by atoms with E-state index in [9.17, 15) is 9.59 Å². The summed E-state index contributed by atoms with van der Waals surface area (Å²) in [6.45, 7) is 6.44. The molecule has 1 heterocycles. The van der Waals surface area contributed by atoms with Gasteiger partial charge in [0, 0.05) is 24.3 Å². The number of rotatable bonds is 3. The largest absolute Gasteiger partial charge is 0.326 e. The van der Waals surface area contributed by atoms with Gasteiger partial charge in [-0.1, -0.05) is 23.8 Å². The number of nitrogens with one attached hydrogen (secondary N) is 1. The zero-order chi connectivity index (χ0) is 17.3. The third-order valence-corrected chi connectivity index (χ3v) is 4.33. The van der Waals surface area contributed by atoms with Crippen LogP contribution in [0.2, 0.25) is 0 Å². The summed E-state index contributed by atoms with van der Waals surface area (Å²) in [7, 11) is 0. The van der Waals surface area contributed by atoms with Gasteiger partial charge in [0.05, 0.1) is 5.92 Å².